The summed E-state index contributed by atoms with van der Waals surface area (Å²) < 4.78 is 4.89. The van der Waals surface area contributed by atoms with Gasteiger partial charge in [0.2, 0.25) is 0 Å². The quantitative estimate of drug-likeness (QED) is 0.632. The van der Waals surface area contributed by atoms with Crippen LogP contribution in [0.15, 0.2) is 41.3 Å². The Bertz CT molecular complexity index is 521. The summed E-state index contributed by atoms with van der Waals surface area (Å²) in [5.74, 6) is 0.736. The van der Waals surface area contributed by atoms with Crippen LogP contribution in [0, 0.1) is 0 Å². The molecule has 68 valence electrons. The number of nitrogens with one attached hydrogen (secondary N) is 1. The smallest absolute Gasteiger partial charge is 0.181 e. The van der Waals surface area contributed by atoms with Gasteiger partial charge in [0.15, 0.2) is 12.2 Å². The molecule has 0 fully saturated rings. The summed E-state index contributed by atoms with van der Waals surface area (Å²) in [5, 5.41) is 0. The third kappa shape index (κ3) is 1.01. The number of hydrogen-bond acceptors (Lipinski definition) is 3. The second-order valence-electron chi connectivity index (χ2n) is 2.98. The summed E-state index contributed by atoms with van der Waals surface area (Å²) in [6, 6.07) is 7.85. The molecule has 0 saturated heterocycles. The highest BCUT2D eigenvalue weighted by Crippen LogP contribution is 2.17. The first-order valence-electron chi connectivity index (χ1n) is 4.27. The molecule has 3 rings (SSSR count). The number of aromatic nitrogens is 3. The molecule has 2 aromatic heterocycles. The maximum absolute atomic E-state index is 4.89. The Morgan fingerprint density at radius 2 is 2.14 bits per heavy atom. The zero-order chi connectivity index (χ0) is 9.38. The summed E-state index contributed by atoms with van der Waals surface area (Å²) in [4.78, 5) is 11.6. The van der Waals surface area contributed by atoms with Crippen LogP contribution in [0.2, 0.25) is 0 Å². The van der Waals surface area contributed by atoms with Gasteiger partial charge in [-0.1, -0.05) is 12.1 Å². The number of H-pyrrole nitrogens is 1. The van der Waals surface area contributed by atoms with Crippen molar-refractivity contribution >= 4 is 11.0 Å². The number of para-hydroxylation sites is 2. The summed E-state index contributed by atoms with van der Waals surface area (Å²) in [5.41, 5.74) is 2.66. The van der Waals surface area contributed by atoms with Gasteiger partial charge in [-0.2, -0.15) is 0 Å². The first-order chi connectivity index (χ1) is 6.93. The first kappa shape index (κ1) is 7.32. The lowest BCUT2D eigenvalue weighted by molar-refractivity contribution is 0.558. The number of rotatable bonds is 1. The first-order valence-corrected chi connectivity index (χ1v) is 4.27. The molecule has 2 heterocycles. The maximum Gasteiger partial charge on any atom is 0.181 e. The summed E-state index contributed by atoms with van der Waals surface area (Å²) in [6.45, 7) is 0. The van der Waals surface area contributed by atoms with E-state index in [4.69, 9.17) is 4.42 Å². The molecule has 0 spiro atoms. The molecule has 0 atom stereocenters. The van der Waals surface area contributed by atoms with Crippen molar-refractivity contribution in [3.8, 4) is 11.5 Å². The molecule has 0 unspecified atom stereocenters. The average Bonchev–Trinajstić information content (AvgIpc) is 2.86. The lowest BCUT2D eigenvalue weighted by atomic mass is 10.3. The van der Waals surface area contributed by atoms with Gasteiger partial charge in [-0.3, -0.25) is 0 Å². The van der Waals surface area contributed by atoms with E-state index in [1.165, 1.54) is 6.39 Å². The van der Waals surface area contributed by atoms with E-state index in [0.717, 1.165) is 22.6 Å². The zero-order valence-electron chi connectivity index (χ0n) is 7.27. The van der Waals surface area contributed by atoms with Gasteiger partial charge < -0.3 is 9.40 Å². The molecule has 0 aliphatic carbocycles. The Kier molecular flexibility index (Phi) is 1.41. The van der Waals surface area contributed by atoms with Crippen LogP contribution in [0.1, 0.15) is 0 Å². The molecule has 0 amide bonds. The van der Waals surface area contributed by atoms with Crippen LogP contribution in [0.3, 0.4) is 0 Å². The highest BCUT2D eigenvalue weighted by atomic mass is 16.3. The minimum Gasteiger partial charge on any atom is -0.451 e. The lowest BCUT2D eigenvalue weighted by Gasteiger charge is -1.83. The Morgan fingerprint density at radius 1 is 1.21 bits per heavy atom. The van der Waals surface area contributed by atoms with Gasteiger partial charge in [0.25, 0.3) is 0 Å². The third-order valence-corrected chi connectivity index (χ3v) is 2.06. The monoisotopic (exact) mass is 185 g/mol. The number of aromatic amines is 1. The van der Waals surface area contributed by atoms with Crippen LogP contribution in [0.5, 0.6) is 0 Å². The van der Waals surface area contributed by atoms with E-state index in [2.05, 4.69) is 15.0 Å². The van der Waals surface area contributed by atoms with Crippen LogP contribution < -0.4 is 0 Å². The molecule has 1 aromatic carbocycles. The highest BCUT2D eigenvalue weighted by Gasteiger charge is 2.06. The van der Waals surface area contributed by atoms with Crippen molar-refractivity contribution in [2.24, 2.45) is 0 Å². The van der Waals surface area contributed by atoms with Crippen molar-refractivity contribution in [2.75, 3.05) is 0 Å². The zero-order valence-corrected chi connectivity index (χ0v) is 7.27. The molecule has 3 aromatic rings. The number of imidazole rings is 1. The SMILES string of the molecule is c1ccc2[nH]c(-c3cocn3)nc2c1. The van der Waals surface area contributed by atoms with E-state index in [0.29, 0.717) is 0 Å². The van der Waals surface area contributed by atoms with Crippen molar-refractivity contribution in [2.45, 2.75) is 0 Å². The molecular formula is C10H7N3O. The minimum absolute atomic E-state index is 0.723. The van der Waals surface area contributed by atoms with Crippen molar-refractivity contribution in [3.05, 3.63) is 36.9 Å². The Labute approximate surface area is 79.6 Å². The van der Waals surface area contributed by atoms with Crippen LogP contribution in [-0.2, 0) is 0 Å². The van der Waals surface area contributed by atoms with E-state index >= 15 is 0 Å². The van der Waals surface area contributed by atoms with Crippen molar-refractivity contribution in [1.82, 2.24) is 15.0 Å². The molecular weight excluding hydrogens is 178 g/mol. The molecule has 0 radical (unpaired) electrons. The normalized spacial score (nSPS) is 10.9. The fourth-order valence-corrected chi connectivity index (χ4v) is 1.40. The molecule has 0 bridgehead atoms. The fraction of sp³-hybridized carbons (Fsp3) is 0. The van der Waals surface area contributed by atoms with Crippen molar-refractivity contribution in [3.63, 3.8) is 0 Å². The van der Waals surface area contributed by atoms with Crippen LogP contribution >= 0.6 is 0 Å². The van der Waals surface area contributed by atoms with Gasteiger partial charge in [0.1, 0.15) is 12.0 Å². The predicted molar refractivity (Wildman–Crippen MR) is 51.6 cm³/mol. The maximum atomic E-state index is 4.89. The van der Waals surface area contributed by atoms with E-state index in [-0.39, 0.29) is 0 Å². The summed E-state index contributed by atoms with van der Waals surface area (Å²) >= 11 is 0. The number of oxazole rings is 1. The second-order valence-corrected chi connectivity index (χ2v) is 2.98. The highest BCUT2D eigenvalue weighted by molar-refractivity contribution is 5.78. The topological polar surface area (TPSA) is 54.7 Å². The number of fused-ring (bicyclic) bond motifs is 1. The van der Waals surface area contributed by atoms with Crippen LogP contribution in [-0.4, -0.2) is 15.0 Å². The summed E-state index contributed by atoms with van der Waals surface area (Å²) in [7, 11) is 0. The van der Waals surface area contributed by atoms with Gasteiger partial charge in [-0.25, -0.2) is 9.97 Å². The third-order valence-electron chi connectivity index (χ3n) is 2.06. The molecule has 4 nitrogen and oxygen atoms in total. The molecule has 0 aliphatic rings. The van der Waals surface area contributed by atoms with E-state index in [1.54, 1.807) is 6.26 Å². The van der Waals surface area contributed by atoms with E-state index in [9.17, 15) is 0 Å². The minimum atomic E-state index is 0.723. The van der Waals surface area contributed by atoms with Gasteiger partial charge >= 0.3 is 0 Å². The fourth-order valence-electron chi connectivity index (χ4n) is 1.40. The molecule has 0 saturated carbocycles. The van der Waals surface area contributed by atoms with Crippen molar-refractivity contribution in [1.29, 1.82) is 0 Å². The van der Waals surface area contributed by atoms with E-state index in [1.807, 2.05) is 24.3 Å². The summed E-state index contributed by atoms with van der Waals surface area (Å²) in [6.07, 6.45) is 2.96. The predicted octanol–water partition coefficient (Wildman–Crippen LogP) is 2.22. The van der Waals surface area contributed by atoms with Crippen LogP contribution in [0.25, 0.3) is 22.6 Å². The molecule has 14 heavy (non-hydrogen) atoms. The number of hydrogen-bond donors (Lipinski definition) is 1. The second kappa shape index (κ2) is 2.70. The lowest BCUT2D eigenvalue weighted by Crippen LogP contribution is -1.77. The Hall–Kier alpha value is -2.10. The average molecular weight is 185 g/mol. The molecule has 1 N–H and O–H groups in total. The number of nitrogens with zero attached hydrogens (tertiary/aromatic N) is 2. The van der Waals surface area contributed by atoms with Crippen LogP contribution in [0.4, 0.5) is 0 Å². The van der Waals surface area contributed by atoms with Gasteiger partial charge in [-0.15, -0.1) is 0 Å². The van der Waals surface area contributed by atoms with E-state index < -0.39 is 0 Å². The van der Waals surface area contributed by atoms with Gasteiger partial charge in [-0.05, 0) is 12.1 Å². The largest absolute Gasteiger partial charge is 0.451 e. The Balaban J connectivity index is 2.24. The van der Waals surface area contributed by atoms with Gasteiger partial charge in [0.05, 0.1) is 11.0 Å². The standard InChI is InChI=1S/C10H7N3O/c1-2-4-8-7(3-1)12-10(13-8)9-5-14-6-11-9/h1-6H,(H,12,13). The molecule has 0 aliphatic heterocycles. The Morgan fingerprint density at radius 3 is 2.93 bits per heavy atom. The molecule has 4 heteroatoms. The number of benzene rings is 1. The van der Waals surface area contributed by atoms with Crippen molar-refractivity contribution < 1.29 is 4.42 Å². The van der Waals surface area contributed by atoms with Gasteiger partial charge in [0, 0.05) is 0 Å².